The number of ether oxygens (including phenoxy) is 1. The van der Waals surface area contributed by atoms with Gasteiger partial charge < -0.3 is 4.74 Å². The van der Waals surface area contributed by atoms with E-state index in [-0.39, 0.29) is 17.2 Å². The zero-order valence-corrected chi connectivity index (χ0v) is 11.5. The minimum atomic E-state index is -0.491. The molecule has 0 bridgehead atoms. The number of aromatic nitrogens is 1. The number of hydrogen-bond acceptors (Lipinski definition) is 3. The molecule has 5 heteroatoms. The molecule has 0 saturated heterocycles. The van der Waals surface area contributed by atoms with Crippen molar-refractivity contribution in [2.75, 3.05) is 6.61 Å². The van der Waals surface area contributed by atoms with Gasteiger partial charge in [0.25, 0.3) is 0 Å². The smallest absolute Gasteiger partial charge is 0.341 e. The van der Waals surface area contributed by atoms with Crippen LogP contribution < -0.4 is 0 Å². The Balaban J connectivity index is 2.71. The van der Waals surface area contributed by atoms with Crippen LogP contribution in [0.2, 0.25) is 10.0 Å². The number of halogens is 2. The number of benzene rings is 1. The lowest BCUT2D eigenvalue weighted by Crippen LogP contribution is -2.06. The molecule has 3 nitrogen and oxygen atoms in total. The highest BCUT2D eigenvalue weighted by molar-refractivity contribution is 6.43. The third kappa shape index (κ3) is 2.16. The fourth-order valence-corrected chi connectivity index (χ4v) is 2.33. The monoisotopic (exact) mass is 283 g/mol. The average Bonchev–Trinajstić information content (AvgIpc) is 2.34. The number of aryl methyl sites for hydroxylation is 1. The molecule has 2 rings (SSSR count). The number of hydrogen-bond donors (Lipinski definition) is 0. The van der Waals surface area contributed by atoms with Crippen LogP contribution in [0.4, 0.5) is 0 Å². The molecule has 0 atom stereocenters. The number of fused-ring (bicyclic) bond motifs is 1. The van der Waals surface area contributed by atoms with E-state index in [1.165, 1.54) is 6.20 Å². The lowest BCUT2D eigenvalue weighted by atomic mass is 10.1. The third-order valence-electron chi connectivity index (χ3n) is 2.60. The summed E-state index contributed by atoms with van der Waals surface area (Å²) in [6, 6.07) is 3.60. The minimum absolute atomic E-state index is 0.235. The Morgan fingerprint density at radius 1 is 1.39 bits per heavy atom. The van der Waals surface area contributed by atoms with Crippen LogP contribution in [0.15, 0.2) is 18.3 Å². The van der Waals surface area contributed by atoms with E-state index in [4.69, 9.17) is 27.9 Å². The zero-order chi connectivity index (χ0) is 13.3. The number of rotatable bonds is 2. The third-order valence-corrected chi connectivity index (χ3v) is 3.31. The van der Waals surface area contributed by atoms with E-state index in [0.29, 0.717) is 15.9 Å². The van der Waals surface area contributed by atoms with Gasteiger partial charge in [-0.2, -0.15) is 0 Å². The van der Waals surface area contributed by atoms with Gasteiger partial charge >= 0.3 is 5.97 Å². The van der Waals surface area contributed by atoms with Gasteiger partial charge in [-0.25, -0.2) is 4.79 Å². The Hall–Kier alpha value is -1.32. The lowest BCUT2D eigenvalue weighted by Gasteiger charge is -2.09. The lowest BCUT2D eigenvalue weighted by molar-refractivity contribution is 0.0526. The molecule has 1 heterocycles. The molecule has 0 N–H and O–H groups in total. The number of carbonyl (C=O) groups is 1. The topological polar surface area (TPSA) is 39.2 Å². The molecule has 94 valence electrons. The Kier molecular flexibility index (Phi) is 3.73. The van der Waals surface area contributed by atoms with Crippen LogP contribution in [-0.4, -0.2) is 17.6 Å². The molecule has 0 amide bonds. The van der Waals surface area contributed by atoms with Crippen LogP contribution in [-0.2, 0) is 4.74 Å². The molecule has 0 spiro atoms. The van der Waals surface area contributed by atoms with Crippen LogP contribution in [0.1, 0.15) is 22.8 Å². The van der Waals surface area contributed by atoms with E-state index in [9.17, 15) is 4.79 Å². The van der Waals surface area contributed by atoms with Crippen molar-refractivity contribution in [3.05, 3.63) is 39.5 Å². The first-order valence-electron chi connectivity index (χ1n) is 5.46. The Morgan fingerprint density at radius 2 is 2.11 bits per heavy atom. The normalized spacial score (nSPS) is 10.7. The molecular formula is C13H11Cl2NO2. The standard InChI is InChI=1S/C13H11Cl2NO2/c1-3-18-13(17)8-6-16-12-7(2)4-5-9(14)10(12)11(8)15/h4-6H,3H2,1-2H3. The van der Waals surface area contributed by atoms with E-state index in [1.54, 1.807) is 13.0 Å². The highest BCUT2D eigenvalue weighted by Crippen LogP contribution is 2.33. The molecule has 0 aliphatic heterocycles. The maximum absolute atomic E-state index is 11.7. The summed E-state index contributed by atoms with van der Waals surface area (Å²) in [5, 5.41) is 1.34. The highest BCUT2D eigenvalue weighted by Gasteiger charge is 2.17. The summed E-state index contributed by atoms with van der Waals surface area (Å²) in [5.74, 6) is -0.491. The quantitative estimate of drug-likeness (QED) is 0.782. The van der Waals surface area contributed by atoms with Crippen molar-refractivity contribution in [3.63, 3.8) is 0 Å². The molecule has 0 unspecified atom stereocenters. The van der Waals surface area contributed by atoms with Gasteiger partial charge in [-0.15, -0.1) is 0 Å². The van der Waals surface area contributed by atoms with Crippen molar-refractivity contribution in [2.24, 2.45) is 0 Å². The van der Waals surface area contributed by atoms with Gasteiger partial charge in [-0.3, -0.25) is 4.98 Å². The minimum Gasteiger partial charge on any atom is -0.462 e. The molecule has 0 fully saturated rings. The van der Waals surface area contributed by atoms with Gasteiger partial charge in [0, 0.05) is 11.6 Å². The Morgan fingerprint density at radius 3 is 2.78 bits per heavy atom. The molecule has 0 aliphatic carbocycles. The predicted octanol–water partition coefficient (Wildman–Crippen LogP) is 4.03. The van der Waals surface area contributed by atoms with Crippen molar-refractivity contribution >= 4 is 40.1 Å². The average molecular weight is 284 g/mol. The highest BCUT2D eigenvalue weighted by atomic mass is 35.5. The number of carbonyl (C=O) groups excluding carboxylic acids is 1. The summed E-state index contributed by atoms with van der Waals surface area (Å²) in [7, 11) is 0. The van der Waals surface area contributed by atoms with Gasteiger partial charge in [0.1, 0.15) is 0 Å². The van der Waals surface area contributed by atoms with Gasteiger partial charge in [0.05, 0.1) is 27.7 Å². The van der Waals surface area contributed by atoms with Crippen LogP contribution in [0.3, 0.4) is 0 Å². The van der Waals surface area contributed by atoms with Gasteiger partial charge in [-0.05, 0) is 25.5 Å². The molecule has 1 aromatic carbocycles. The first kappa shape index (κ1) is 13.1. The number of nitrogens with zero attached hydrogens (tertiary/aromatic N) is 1. The van der Waals surface area contributed by atoms with Crippen molar-refractivity contribution in [2.45, 2.75) is 13.8 Å². The molecule has 0 radical (unpaired) electrons. The fraction of sp³-hybridized carbons (Fsp3) is 0.231. The Labute approximate surface area is 115 Å². The Bertz CT molecular complexity index is 626. The maximum atomic E-state index is 11.7. The van der Waals surface area contributed by atoms with Crippen LogP contribution in [0, 0.1) is 6.92 Å². The van der Waals surface area contributed by atoms with Crippen molar-refractivity contribution < 1.29 is 9.53 Å². The van der Waals surface area contributed by atoms with E-state index in [0.717, 1.165) is 5.56 Å². The van der Waals surface area contributed by atoms with Crippen molar-refractivity contribution in [3.8, 4) is 0 Å². The molecule has 0 saturated carbocycles. The van der Waals surface area contributed by atoms with Crippen molar-refractivity contribution in [1.29, 1.82) is 0 Å². The second kappa shape index (κ2) is 5.12. The molecule has 1 aromatic heterocycles. The first-order chi connectivity index (χ1) is 8.56. The van der Waals surface area contributed by atoms with E-state index in [1.807, 2.05) is 13.0 Å². The van der Waals surface area contributed by atoms with Crippen LogP contribution in [0.25, 0.3) is 10.9 Å². The fourth-order valence-electron chi connectivity index (χ4n) is 1.72. The summed E-state index contributed by atoms with van der Waals surface area (Å²) in [6.45, 7) is 3.93. The summed E-state index contributed by atoms with van der Waals surface area (Å²) in [5.41, 5.74) is 1.88. The molecule has 18 heavy (non-hydrogen) atoms. The molecular weight excluding hydrogens is 273 g/mol. The van der Waals surface area contributed by atoms with Crippen molar-refractivity contribution in [1.82, 2.24) is 4.98 Å². The first-order valence-corrected chi connectivity index (χ1v) is 6.22. The summed E-state index contributed by atoms with van der Waals surface area (Å²) >= 11 is 12.3. The van der Waals surface area contributed by atoms with Gasteiger partial charge in [0.15, 0.2) is 0 Å². The maximum Gasteiger partial charge on any atom is 0.341 e. The van der Waals surface area contributed by atoms with Gasteiger partial charge in [0.2, 0.25) is 0 Å². The number of pyridine rings is 1. The summed E-state index contributed by atoms with van der Waals surface area (Å²) < 4.78 is 4.92. The van der Waals surface area contributed by atoms with Gasteiger partial charge in [-0.1, -0.05) is 29.3 Å². The zero-order valence-electron chi connectivity index (χ0n) is 9.96. The molecule has 2 aromatic rings. The van der Waals surface area contributed by atoms with E-state index in [2.05, 4.69) is 4.98 Å². The summed E-state index contributed by atoms with van der Waals surface area (Å²) in [6.07, 6.45) is 1.42. The largest absolute Gasteiger partial charge is 0.462 e. The van der Waals surface area contributed by atoms with E-state index < -0.39 is 5.97 Å². The molecule has 0 aliphatic rings. The number of esters is 1. The second-order valence-corrected chi connectivity index (χ2v) is 4.58. The SMILES string of the molecule is CCOC(=O)c1cnc2c(C)ccc(Cl)c2c1Cl. The summed E-state index contributed by atoms with van der Waals surface area (Å²) in [4.78, 5) is 16.0. The van der Waals surface area contributed by atoms with Crippen LogP contribution in [0.5, 0.6) is 0 Å². The second-order valence-electron chi connectivity index (χ2n) is 3.79. The van der Waals surface area contributed by atoms with E-state index >= 15 is 0 Å². The van der Waals surface area contributed by atoms with Crippen LogP contribution >= 0.6 is 23.2 Å². The predicted molar refractivity (Wildman–Crippen MR) is 72.5 cm³/mol.